The molecule has 3 rings (SSSR count). The number of pyridine rings is 1. The molecule has 128 valence electrons. The molecule has 0 aliphatic heterocycles. The molecule has 3 aromatic rings. The van der Waals surface area contributed by atoms with Crippen molar-refractivity contribution in [1.82, 2.24) is 19.7 Å². The minimum absolute atomic E-state index is 0.0350. The third-order valence-corrected chi connectivity index (χ3v) is 5.12. The summed E-state index contributed by atoms with van der Waals surface area (Å²) in [5.74, 6) is 0.718. The monoisotopic (exact) mass is 353 g/mol. The Morgan fingerprint density at radius 3 is 2.56 bits per heavy atom. The quantitative estimate of drug-likeness (QED) is 0.688. The number of para-hydroxylation sites is 1. The minimum atomic E-state index is -0.242. The van der Waals surface area contributed by atoms with Gasteiger partial charge in [0.25, 0.3) is 0 Å². The summed E-state index contributed by atoms with van der Waals surface area (Å²) in [7, 11) is 1.90. The number of carbonyl (C=O) groups excluding carboxylic acids is 1. The number of rotatable bonds is 6. The molecule has 0 aliphatic carbocycles. The van der Waals surface area contributed by atoms with Crippen LogP contribution in [0.25, 0.3) is 11.4 Å². The lowest BCUT2D eigenvalue weighted by molar-refractivity contribution is -0.115. The maximum Gasteiger partial charge on any atom is 0.237 e. The van der Waals surface area contributed by atoms with E-state index in [4.69, 9.17) is 0 Å². The van der Waals surface area contributed by atoms with E-state index in [0.29, 0.717) is 11.6 Å². The van der Waals surface area contributed by atoms with Crippen LogP contribution in [0.15, 0.2) is 60.0 Å². The van der Waals surface area contributed by atoms with E-state index in [1.165, 1.54) is 11.8 Å². The first-order chi connectivity index (χ1) is 12.2. The number of thioether (sulfide) groups is 1. The van der Waals surface area contributed by atoms with Gasteiger partial charge in [-0.2, -0.15) is 0 Å². The van der Waals surface area contributed by atoms with Crippen LogP contribution in [-0.2, 0) is 11.8 Å². The summed E-state index contributed by atoms with van der Waals surface area (Å²) >= 11 is 1.42. The molecule has 2 aromatic heterocycles. The Morgan fingerprint density at radius 2 is 1.88 bits per heavy atom. The number of carbonyl (C=O) groups is 1. The molecule has 1 amide bonds. The van der Waals surface area contributed by atoms with Gasteiger partial charge >= 0.3 is 0 Å². The fourth-order valence-corrected chi connectivity index (χ4v) is 3.28. The number of nitrogens with zero attached hydrogens (tertiary/aromatic N) is 4. The molecular formula is C18H19N5OS. The van der Waals surface area contributed by atoms with Gasteiger partial charge in [0, 0.05) is 30.7 Å². The van der Waals surface area contributed by atoms with Gasteiger partial charge in [-0.1, -0.05) is 36.9 Å². The first kappa shape index (κ1) is 17.2. The van der Waals surface area contributed by atoms with Crippen LogP contribution in [0, 0.1) is 0 Å². The van der Waals surface area contributed by atoms with Crippen molar-refractivity contribution in [2.75, 3.05) is 5.32 Å². The average molecular weight is 353 g/mol. The topological polar surface area (TPSA) is 72.7 Å². The Balaban J connectivity index is 1.74. The van der Waals surface area contributed by atoms with Gasteiger partial charge in [0.2, 0.25) is 5.91 Å². The van der Waals surface area contributed by atoms with Crippen LogP contribution in [0.3, 0.4) is 0 Å². The highest BCUT2D eigenvalue weighted by molar-refractivity contribution is 8.00. The Morgan fingerprint density at radius 1 is 1.16 bits per heavy atom. The lowest BCUT2D eigenvalue weighted by Crippen LogP contribution is -2.24. The number of anilines is 1. The molecule has 7 heteroatoms. The van der Waals surface area contributed by atoms with Gasteiger partial charge in [-0.15, -0.1) is 10.2 Å². The zero-order valence-corrected chi connectivity index (χ0v) is 14.9. The standard InChI is InChI=1S/C18H19N5OS/c1-3-15(17(24)20-14-7-5-4-6-8-14)25-18-22-21-16(23(18)2)13-9-11-19-12-10-13/h4-12,15H,3H2,1-2H3,(H,20,24). The summed E-state index contributed by atoms with van der Waals surface area (Å²) in [4.78, 5) is 16.6. The molecule has 2 heterocycles. The molecule has 25 heavy (non-hydrogen) atoms. The first-order valence-electron chi connectivity index (χ1n) is 8.01. The summed E-state index contributed by atoms with van der Waals surface area (Å²) in [6.45, 7) is 1.99. The molecular weight excluding hydrogens is 334 g/mol. The maximum atomic E-state index is 12.5. The van der Waals surface area contributed by atoms with Crippen LogP contribution in [0.2, 0.25) is 0 Å². The highest BCUT2D eigenvalue weighted by Crippen LogP contribution is 2.27. The van der Waals surface area contributed by atoms with E-state index < -0.39 is 0 Å². The molecule has 0 saturated heterocycles. The van der Waals surface area contributed by atoms with E-state index in [2.05, 4.69) is 20.5 Å². The second kappa shape index (κ2) is 7.94. The van der Waals surface area contributed by atoms with E-state index in [-0.39, 0.29) is 11.2 Å². The molecule has 1 unspecified atom stereocenters. The van der Waals surface area contributed by atoms with Gasteiger partial charge in [-0.05, 0) is 30.7 Å². The zero-order valence-electron chi connectivity index (χ0n) is 14.1. The van der Waals surface area contributed by atoms with Crippen molar-refractivity contribution in [3.8, 4) is 11.4 Å². The van der Waals surface area contributed by atoms with Crippen molar-refractivity contribution in [3.63, 3.8) is 0 Å². The van der Waals surface area contributed by atoms with Crippen molar-refractivity contribution < 1.29 is 4.79 Å². The molecule has 1 N–H and O–H groups in total. The van der Waals surface area contributed by atoms with Gasteiger partial charge in [-0.25, -0.2) is 0 Å². The molecule has 0 radical (unpaired) electrons. The summed E-state index contributed by atoms with van der Waals surface area (Å²) in [6.07, 6.45) is 4.14. The SMILES string of the molecule is CCC(Sc1nnc(-c2ccncc2)n1C)C(=O)Nc1ccccc1. The average Bonchev–Trinajstić information content (AvgIpc) is 3.01. The van der Waals surface area contributed by atoms with E-state index in [9.17, 15) is 4.79 Å². The van der Waals surface area contributed by atoms with E-state index in [1.54, 1.807) is 12.4 Å². The Labute approximate surface area is 150 Å². The van der Waals surface area contributed by atoms with Crippen LogP contribution in [-0.4, -0.2) is 30.9 Å². The molecule has 0 bridgehead atoms. The van der Waals surface area contributed by atoms with Crippen molar-refractivity contribution in [1.29, 1.82) is 0 Å². The van der Waals surface area contributed by atoms with Crippen LogP contribution in [0.4, 0.5) is 5.69 Å². The summed E-state index contributed by atoms with van der Waals surface area (Å²) < 4.78 is 1.90. The normalized spacial score (nSPS) is 11.9. The zero-order chi connectivity index (χ0) is 17.6. The van der Waals surface area contributed by atoms with Crippen molar-refractivity contribution in [2.45, 2.75) is 23.8 Å². The third-order valence-electron chi connectivity index (χ3n) is 3.73. The number of hydrogen-bond donors (Lipinski definition) is 1. The van der Waals surface area contributed by atoms with Gasteiger partial charge in [-0.3, -0.25) is 9.78 Å². The van der Waals surface area contributed by atoms with Crippen LogP contribution >= 0.6 is 11.8 Å². The number of benzene rings is 1. The summed E-state index contributed by atoms with van der Waals surface area (Å²) in [5.41, 5.74) is 1.74. The number of aromatic nitrogens is 4. The lowest BCUT2D eigenvalue weighted by Gasteiger charge is -2.14. The van der Waals surface area contributed by atoms with Crippen LogP contribution < -0.4 is 5.32 Å². The highest BCUT2D eigenvalue weighted by atomic mass is 32.2. The largest absolute Gasteiger partial charge is 0.325 e. The van der Waals surface area contributed by atoms with E-state index >= 15 is 0 Å². The van der Waals surface area contributed by atoms with Crippen LogP contribution in [0.5, 0.6) is 0 Å². The number of hydrogen-bond acceptors (Lipinski definition) is 5. The minimum Gasteiger partial charge on any atom is -0.325 e. The van der Waals surface area contributed by atoms with Crippen molar-refractivity contribution in [2.24, 2.45) is 7.05 Å². The highest BCUT2D eigenvalue weighted by Gasteiger charge is 2.22. The van der Waals surface area contributed by atoms with Gasteiger partial charge in [0.05, 0.1) is 5.25 Å². The number of nitrogens with one attached hydrogen (secondary N) is 1. The Bertz CT molecular complexity index is 835. The van der Waals surface area contributed by atoms with E-state index in [0.717, 1.165) is 17.1 Å². The third kappa shape index (κ3) is 4.06. The molecule has 1 atom stereocenters. The molecule has 6 nitrogen and oxygen atoms in total. The Kier molecular flexibility index (Phi) is 5.45. The smallest absolute Gasteiger partial charge is 0.237 e. The predicted octanol–water partition coefficient (Wildman–Crippen LogP) is 3.39. The fourth-order valence-electron chi connectivity index (χ4n) is 2.36. The molecule has 0 spiro atoms. The van der Waals surface area contributed by atoms with Gasteiger partial charge in [0.1, 0.15) is 0 Å². The lowest BCUT2D eigenvalue weighted by atomic mass is 10.2. The van der Waals surface area contributed by atoms with Crippen LogP contribution in [0.1, 0.15) is 13.3 Å². The number of amides is 1. The maximum absolute atomic E-state index is 12.5. The predicted molar refractivity (Wildman–Crippen MR) is 99.2 cm³/mol. The fraction of sp³-hybridized carbons (Fsp3) is 0.222. The van der Waals surface area contributed by atoms with Crippen molar-refractivity contribution >= 4 is 23.4 Å². The first-order valence-corrected chi connectivity index (χ1v) is 8.89. The van der Waals surface area contributed by atoms with Gasteiger partial charge in [0.15, 0.2) is 11.0 Å². The summed E-state index contributed by atoms with van der Waals surface area (Å²) in [6, 6.07) is 13.2. The Hall–Kier alpha value is -2.67. The molecule has 0 aliphatic rings. The molecule has 1 aromatic carbocycles. The van der Waals surface area contributed by atoms with Gasteiger partial charge < -0.3 is 9.88 Å². The molecule has 0 fully saturated rings. The summed E-state index contributed by atoms with van der Waals surface area (Å²) in [5, 5.41) is 11.9. The van der Waals surface area contributed by atoms with Crippen molar-refractivity contribution in [3.05, 3.63) is 54.9 Å². The van der Waals surface area contributed by atoms with E-state index in [1.807, 2.05) is 61.0 Å². The second-order valence-electron chi connectivity index (χ2n) is 5.47. The second-order valence-corrected chi connectivity index (χ2v) is 6.64. The molecule has 0 saturated carbocycles.